The highest BCUT2D eigenvalue weighted by Gasteiger charge is 2.17. The monoisotopic (exact) mass is 388 g/mol. The lowest BCUT2D eigenvalue weighted by molar-refractivity contribution is 0.296. The summed E-state index contributed by atoms with van der Waals surface area (Å²) >= 11 is 5.86. The van der Waals surface area contributed by atoms with Crippen molar-refractivity contribution < 1.29 is 14.2 Å². The molecular formula is C19H21ClN4O3. The van der Waals surface area contributed by atoms with Crippen LogP contribution in [-0.4, -0.2) is 28.9 Å². The molecule has 0 amide bonds. The highest BCUT2D eigenvalue weighted by Crippen LogP contribution is 2.31. The van der Waals surface area contributed by atoms with Crippen molar-refractivity contribution >= 4 is 11.6 Å². The predicted octanol–water partition coefficient (Wildman–Crippen LogP) is 3.49. The number of nitrogens with two attached hydrogens (primary N) is 1. The average Bonchev–Trinajstić information content (AvgIpc) is 3.16. The van der Waals surface area contributed by atoms with Gasteiger partial charge in [0.1, 0.15) is 12.4 Å². The molecular weight excluding hydrogens is 368 g/mol. The maximum Gasteiger partial charge on any atom is 0.172 e. The van der Waals surface area contributed by atoms with Crippen molar-refractivity contribution in [2.45, 2.75) is 19.6 Å². The molecule has 0 radical (unpaired) electrons. The Labute approximate surface area is 162 Å². The molecule has 2 aromatic carbocycles. The van der Waals surface area contributed by atoms with Gasteiger partial charge in [0.05, 0.1) is 19.8 Å². The summed E-state index contributed by atoms with van der Waals surface area (Å²) in [5.74, 6) is 3.03. The van der Waals surface area contributed by atoms with Crippen LogP contribution in [0, 0.1) is 0 Å². The van der Waals surface area contributed by atoms with Crippen molar-refractivity contribution in [1.29, 1.82) is 0 Å². The topological polar surface area (TPSA) is 95.3 Å². The molecule has 0 saturated heterocycles. The van der Waals surface area contributed by atoms with Crippen LogP contribution in [0.5, 0.6) is 17.2 Å². The third-order valence-corrected chi connectivity index (χ3v) is 4.11. The van der Waals surface area contributed by atoms with Gasteiger partial charge >= 0.3 is 0 Å². The van der Waals surface area contributed by atoms with Gasteiger partial charge in [-0.05, 0) is 48.9 Å². The van der Waals surface area contributed by atoms with Crippen LogP contribution in [0.1, 0.15) is 30.2 Å². The van der Waals surface area contributed by atoms with Gasteiger partial charge < -0.3 is 19.9 Å². The van der Waals surface area contributed by atoms with E-state index in [1.54, 1.807) is 31.4 Å². The smallest absolute Gasteiger partial charge is 0.172 e. The molecule has 1 aromatic heterocycles. The number of nitrogens with one attached hydrogen (secondary N) is 1. The summed E-state index contributed by atoms with van der Waals surface area (Å²) in [4.78, 5) is 4.42. The number of hydrogen-bond donors (Lipinski definition) is 2. The summed E-state index contributed by atoms with van der Waals surface area (Å²) in [6, 6.07) is 12.1. The van der Waals surface area contributed by atoms with E-state index in [0.717, 1.165) is 5.56 Å². The Kier molecular flexibility index (Phi) is 6.16. The maximum absolute atomic E-state index is 6.31. The quantitative estimate of drug-likeness (QED) is 0.613. The Hall–Kier alpha value is -2.77. The molecule has 3 rings (SSSR count). The van der Waals surface area contributed by atoms with Gasteiger partial charge in [0, 0.05) is 5.02 Å². The molecule has 7 nitrogen and oxygen atoms in total. The van der Waals surface area contributed by atoms with E-state index in [-0.39, 0.29) is 6.61 Å². The normalized spacial score (nSPS) is 11.9. The first-order chi connectivity index (χ1) is 13.1. The molecule has 1 heterocycles. The van der Waals surface area contributed by atoms with Crippen LogP contribution in [0.15, 0.2) is 42.5 Å². The number of rotatable bonds is 8. The summed E-state index contributed by atoms with van der Waals surface area (Å²) in [7, 11) is 1.60. The molecule has 0 aliphatic rings. The molecule has 3 aromatic rings. The lowest BCUT2D eigenvalue weighted by atomic mass is 10.1. The SMILES string of the molecule is CCOc1cc([C@H](N)c2n[nH]c(COc3ccc(Cl)cc3)n2)ccc1OC. The van der Waals surface area contributed by atoms with Crippen LogP contribution in [0.2, 0.25) is 5.02 Å². The fourth-order valence-corrected chi connectivity index (χ4v) is 2.63. The Morgan fingerprint density at radius 1 is 1.11 bits per heavy atom. The number of aromatic amines is 1. The van der Waals surface area contributed by atoms with Crippen molar-refractivity contribution in [2.75, 3.05) is 13.7 Å². The lowest BCUT2D eigenvalue weighted by Gasteiger charge is -2.13. The molecule has 27 heavy (non-hydrogen) atoms. The van der Waals surface area contributed by atoms with Crippen molar-refractivity contribution in [1.82, 2.24) is 15.2 Å². The lowest BCUT2D eigenvalue weighted by Crippen LogP contribution is -2.14. The van der Waals surface area contributed by atoms with Crippen LogP contribution in [0.25, 0.3) is 0 Å². The van der Waals surface area contributed by atoms with E-state index in [9.17, 15) is 0 Å². The van der Waals surface area contributed by atoms with E-state index in [2.05, 4.69) is 15.2 Å². The maximum atomic E-state index is 6.31. The Bertz CT molecular complexity index is 883. The standard InChI is InChI=1S/C19H21ClN4O3/c1-3-26-16-10-12(4-9-15(16)25-2)18(21)19-22-17(23-24-19)11-27-14-7-5-13(20)6-8-14/h4-10,18H,3,11,21H2,1-2H3,(H,22,23,24)/t18-/m0/s1. The molecule has 0 bridgehead atoms. The largest absolute Gasteiger partial charge is 0.493 e. The second-order valence-corrected chi connectivity index (χ2v) is 6.14. The Balaban J connectivity index is 1.69. The number of H-pyrrole nitrogens is 1. The van der Waals surface area contributed by atoms with Gasteiger partial charge in [0.15, 0.2) is 23.1 Å². The number of aromatic nitrogens is 3. The van der Waals surface area contributed by atoms with Crippen LogP contribution in [0.3, 0.4) is 0 Å². The van der Waals surface area contributed by atoms with Crippen LogP contribution in [0.4, 0.5) is 0 Å². The van der Waals surface area contributed by atoms with E-state index in [1.165, 1.54) is 0 Å². The molecule has 0 aliphatic heterocycles. The van der Waals surface area contributed by atoms with Crippen LogP contribution < -0.4 is 19.9 Å². The zero-order chi connectivity index (χ0) is 19.2. The van der Waals surface area contributed by atoms with Crippen LogP contribution >= 0.6 is 11.6 Å². The highest BCUT2D eigenvalue weighted by atomic mass is 35.5. The van der Waals surface area contributed by atoms with Gasteiger partial charge in [-0.3, -0.25) is 5.10 Å². The van der Waals surface area contributed by atoms with Crippen molar-refractivity contribution in [3.63, 3.8) is 0 Å². The van der Waals surface area contributed by atoms with E-state index in [1.807, 2.05) is 25.1 Å². The molecule has 0 saturated carbocycles. The minimum atomic E-state index is -0.504. The Morgan fingerprint density at radius 2 is 1.89 bits per heavy atom. The molecule has 142 valence electrons. The fraction of sp³-hybridized carbons (Fsp3) is 0.263. The first-order valence-electron chi connectivity index (χ1n) is 8.46. The molecule has 3 N–H and O–H groups in total. The summed E-state index contributed by atoms with van der Waals surface area (Å²) in [6.45, 7) is 2.68. The zero-order valence-corrected chi connectivity index (χ0v) is 15.9. The third kappa shape index (κ3) is 4.69. The first-order valence-corrected chi connectivity index (χ1v) is 8.84. The third-order valence-electron chi connectivity index (χ3n) is 3.86. The average molecular weight is 389 g/mol. The second-order valence-electron chi connectivity index (χ2n) is 5.70. The van der Waals surface area contributed by atoms with E-state index < -0.39 is 6.04 Å². The number of benzene rings is 2. The zero-order valence-electron chi connectivity index (χ0n) is 15.1. The highest BCUT2D eigenvalue weighted by molar-refractivity contribution is 6.30. The fourth-order valence-electron chi connectivity index (χ4n) is 2.50. The van der Waals surface area contributed by atoms with E-state index in [4.69, 9.17) is 31.5 Å². The van der Waals surface area contributed by atoms with Gasteiger partial charge in [0.25, 0.3) is 0 Å². The molecule has 0 unspecified atom stereocenters. The second kappa shape index (κ2) is 8.75. The first kappa shape index (κ1) is 19.0. The minimum Gasteiger partial charge on any atom is -0.493 e. The molecule has 0 spiro atoms. The number of methoxy groups -OCH3 is 1. The van der Waals surface area contributed by atoms with Crippen molar-refractivity contribution in [2.24, 2.45) is 5.73 Å². The van der Waals surface area contributed by atoms with Gasteiger partial charge in [-0.15, -0.1) is 0 Å². The van der Waals surface area contributed by atoms with E-state index >= 15 is 0 Å². The number of ether oxygens (including phenoxy) is 3. The number of halogens is 1. The van der Waals surface area contributed by atoms with Gasteiger partial charge in [-0.1, -0.05) is 17.7 Å². The predicted molar refractivity (Wildman–Crippen MR) is 102 cm³/mol. The van der Waals surface area contributed by atoms with Crippen molar-refractivity contribution in [3.8, 4) is 17.2 Å². The van der Waals surface area contributed by atoms with Gasteiger partial charge in [-0.25, -0.2) is 4.98 Å². The van der Waals surface area contributed by atoms with Gasteiger partial charge in [-0.2, -0.15) is 5.10 Å². The molecule has 0 aliphatic carbocycles. The minimum absolute atomic E-state index is 0.244. The summed E-state index contributed by atoms with van der Waals surface area (Å²) in [5.41, 5.74) is 7.14. The van der Waals surface area contributed by atoms with Gasteiger partial charge in [0.2, 0.25) is 0 Å². The summed E-state index contributed by atoms with van der Waals surface area (Å²) < 4.78 is 16.6. The number of nitrogens with zero attached hydrogens (tertiary/aromatic N) is 2. The Morgan fingerprint density at radius 3 is 2.59 bits per heavy atom. The molecule has 0 fully saturated rings. The molecule has 8 heteroatoms. The van der Waals surface area contributed by atoms with Crippen molar-refractivity contribution in [3.05, 3.63) is 64.7 Å². The molecule has 1 atom stereocenters. The van der Waals surface area contributed by atoms with E-state index in [0.29, 0.717) is 40.5 Å². The number of hydrogen-bond acceptors (Lipinski definition) is 6. The summed E-state index contributed by atoms with van der Waals surface area (Å²) in [6.07, 6.45) is 0. The summed E-state index contributed by atoms with van der Waals surface area (Å²) in [5, 5.41) is 7.71. The van der Waals surface area contributed by atoms with Crippen LogP contribution in [-0.2, 0) is 6.61 Å².